The number of esters is 3. The highest BCUT2D eigenvalue weighted by Gasteiger charge is 2.48. The van der Waals surface area contributed by atoms with Crippen molar-refractivity contribution in [3.05, 3.63) is 89.5 Å². The SMILES string of the molecule is O=C(C=Cc1ccc(O)c(O)c1)OC[C@H]1O[C@@H](OC(=O)C=Cc2ccc(O)c(O)c2)[C@H](OC(=O)C=Cc2ccc(O)c(O)c2)[C@@H](O)[C@@H]1O. The minimum atomic E-state index is -1.93. The van der Waals surface area contributed by atoms with Crippen molar-refractivity contribution in [2.75, 3.05) is 6.61 Å². The predicted molar refractivity (Wildman–Crippen MR) is 164 cm³/mol. The van der Waals surface area contributed by atoms with Crippen molar-refractivity contribution in [2.45, 2.75) is 30.7 Å². The van der Waals surface area contributed by atoms with E-state index in [1.165, 1.54) is 60.7 Å². The molecule has 252 valence electrons. The molecule has 15 heteroatoms. The second-order valence-corrected chi connectivity index (χ2v) is 10.2. The Hall–Kier alpha value is -6.03. The smallest absolute Gasteiger partial charge is 0.333 e. The van der Waals surface area contributed by atoms with E-state index in [-0.39, 0.29) is 28.4 Å². The zero-order valence-electron chi connectivity index (χ0n) is 24.7. The zero-order chi connectivity index (χ0) is 35.0. The molecule has 5 atom stereocenters. The van der Waals surface area contributed by atoms with E-state index < -0.39 is 72.5 Å². The lowest BCUT2D eigenvalue weighted by Gasteiger charge is -2.40. The van der Waals surface area contributed by atoms with Gasteiger partial charge in [0.05, 0.1) is 0 Å². The van der Waals surface area contributed by atoms with Gasteiger partial charge in [-0.05, 0) is 71.3 Å². The molecule has 8 N–H and O–H groups in total. The Morgan fingerprint density at radius 1 is 0.583 bits per heavy atom. The summed E-state index contributed by atoms with van der Waals surface area (Å²) in [5.74, 6) is -5.55. The fourth-order valence-electron chi connectivity index (χ4n) is 4.23. The first kappa shape index (κ1) is 34.8. The molecule has 0 spiro atoms. The van der Waals surface area contributed by atoms with Crippen LogP contribution in [0.1, 0.15) is 16.7 Å². The summed E-state index contributed by atoms with van der Waals surface area (Å²) < 4.78 is 21.2. The van der Waals surface area contributed by atoms with Crippen molar-refractivity contribution in [3.8, 4) is 34.5 Å². The number of aliphatic hydroxyl groups excluding tert-OH is 2. The van der Waals surface area contributed by atoms with Crippen molar-refractivity contribution in [3.63, 3.8) is 0 Å². The van der Waals surface area contributed by atoms with Crippen LogP contribution in [-0.2, 0) is 33.3 Å². The molecule has 1 fully saturated rings. The number of carbonyl (C=O) groups excluding carboxylic acids is 3. The Kier molecular flexibility index (Phi) is 11.3. The molecule has 0 bridgehead atoms. The van der Waals surface area contributed by atoms with E-state index >= 15 is 0 Å². The lowest BCUT2D eigenvalue weighted by atomic mass is 9.99. The molecule has 48 heavy (non-hydrogen) atoms. The molecule has 0 aromatic heterocycles. The van der Waals surface area contributed by atoms with E-state index in [2.05, 4.69) is 0 Å². The number of carbonyl (C=O) groups is 3. The average molecular weight is 667 g/mol. The molecule has 0 amide bonds. The number of aromatic hydroxyl groups is 6. The number of hydrogen-bond donors (Lipinski definition) is 8. The van der Waals surface area contributed by atoms with Crippen molar-refractivity contribution in [1.29, 1.82) is 0 Å². The third-order valence-electron chi connectivity index (χ3n) is 6.75. The number of rotatable bonds is 10. The lowest BCUT2D eigenvalue weighted by Crippen LogP contribution is -2.60. The van der Waals surface area contributed by atoms with E-state index in [4.69, 9.17) is 18.9 Å². The Morgan fingerprint density at radius 3 is 1.44 bits per heavy atom. The summed E-state index contributed by atoms with van der Waals surface area (Å²) >= 11 is 0. The van der Waals surface area contributed by atoms with Crippen LogP contribution in [-0.4, -0.2) is 96.1 Å². The van der Waals surface area contributed by atoms with Crippen LogP contribution < -0.4 is 0 Å². The van der Waals surface area contributed by atoms with Crippen molar-refractivity contribution in [2.24, 2.45) is 0 Å². The summed E-state index contributed by atoms with van der Waals surface area (Å²) in [6.45, 7) is -0.663. The fraction of sp³-hybridized carbons (Fsp3) is 0.182. The van der Waals surface area contributed by atoms with Gasteiger partial charge < -0.3 is 59.8 Å². The van der Waals surface area contributed by atoms with Crippen LogP contribution in [0.25, 0.3) is 18.2 Å². The standard InChI is InChI=1S/C33H30O15/c34-20-7-1-17(13-23(20)37)4-10-27(40)45-16-26-30(43)31(44)32(47-28(41)11-5-18-2-8-21(35)24(38)14-18)33(46-26)48-29(42)12-6-19-3-9-22(36)25(39)15-19/h1-15,26,30-39,43-44H,16H2/t26-,30-,31+,32-,33+/m1/s1. The van der Waals surface area contributed by atoms with Gasteiger partial charge in [-0.25, -0.2) is 14.4 Å². The Balaban J connectivity index is 1.47. The minimum absolute atomic E-state index is 0.286. The normalized spacial score (nSPS) is 21.0. The molecule has 15 nitrogen and oxygen atoms in total. The number of phenolic OH excluding ortho intramolecular Hbond substituents is 6. The molecule has 1 aliphatic heterocycles. The van der Waals surface area contributed by atoms with Crippen LogP contribution in [0.15, 0.2) is 72.8 Å². The molecule has 4 rings (SSSR count). The molecule has 1 saturated heterocycles. The van der Waals surface area contributed by atoms with E-state index in [0.717, 1.165) is 30.4 Å². The van der Waals surface area contributed by atoms with E-state index in [1.807, 2.05) is 0 Å². The number of phenols is 6. The summed E-state index contributed by atoms with van der Waals surface area (Å²) in [7, 11) is 0. The van der Waals surface area contributed by atoms with Gasteiger partial charge in [-0.2, -0.15) is 0 Å². The minimum Gasteiger partial charge on any atom is -0.504 e. The second-order valence-electron chi connectivity index (χ2n) is 10.2. The van der Waals surface area contributed by atoms with Gasteiger partial charge in [0.2, 0.25) is 6.29 Å². The fourth-order valence-corrected chi connectivity index (χ4v) is 4.23. The first-order valence-electron chi connectivity index (χ1n) is 14.0. The quantitative estimate of drug-likeness (QED) is 0.0665. The number of benzene rings is 3. The van der Waals surface area contributed by atoms with Crippen LogP contribution in [0.5, 0.6) is 34.5 Å². The van der Waals surface area contributed by atoms with Gasteiger partial charge in [0.15, 0.2) is 40.6 Å². The molecule has 1 aliphatic rings. The molecule has 0 unspecified atom stereocenters. The molecular weight excluding hydrogens is 636 g/mol. The monoisotopic (exact) mass is 666 g/mol. The van der Waals surface area contributed by atoms with Crippen LogP contribution in [0.4, 0.5) is 0 Å². The molecule has 0 saturated carbocycles. The third-order valence-corrected chi connectivity index (χ3v) is 6.75. The van der Waals surface area contributed by atoms with Gasteiger partial charge in [-0.15, -0.1) is 0 Å². The largest absolute Gasteiger partial charge is 0.504 e. The van der Waals surface area contributed by atoms with Crippen LogP contribution in [0, 0.1) is 0 Å². The van der Waals surface area contributed by atoms with E-state index in [0.29, 0.717) is 5.56 Å². The second kappa shape index (κ2) is 15.5. The summed E-state index contributed by atoms with van der Waals surface area (Å²) in [4.78, 5) is 37.6. The number of ether oxygens (including phenoxy) is 4. The topological polar surface area (TPSA) is 250 Å². The number of hydrogen-bond acceptors (Lipinski definition) is 15. The lowest BCUT2D eigenvalue weighted by molar-refractivity contribution is -0.294. The van der Waals surface area contributed by atoms with E-state index in [9.17, 15) is 55.2 Å². The maximum atomic E-state index is 12.7. The summed E-state index contributed by atoms with van der Waals surface area (Å²) in [5, 5.41) is 78.8. The third kappa shape index (κ3) is 9.26. The van der Waals surface area contributed by atoms with Crippen LogP contribution >= 0.6 is 0 Å². The summed E-state index contributed by atoms with van der Waals surface area (Å²) in [6.07, 6.45) is -2.41. The Labute approximate surface area is 271 Å². The maximum absolute atomic E-state index is 12.7. The molecular formula is C33H30O15. The van der Waals surface area contributed by atoms with Gasteiger partial charge in [0, 0.05) is 18.2 Å². The van der Waals surface area contributed by atoms with Crippen LogP contribution in [0.3, 0.4) is 0 Å². The summed E-state index contributed by atoms with van der Waals surface area (Å²) in [5.41, 5.74) is 0.917. The van der Waals surface area contributed by atoms with Gasteiger partial charge in [0.25, 0.3) is 0 Å². The average Bonchev–Trinajstić information content (AvgIpc) is 3.05. The Bertz CT molecular complexity index is 1740. The van der Waals surface area contributed by atoms with Crippen molar-refractivity contribution in [1.82, 2.24) is 0 Å². The zero-order valence-corrected chi connectivity index (χ0v) is 24.7. The first-order chi connectivity index (χ1) is 22.8. The van der Waals surface area contributed by atoms with Crippen molar-refractivity contribution >= 4 is 36.1 Å². The highest BCUT2D eigenvalue weighted by atomic mass is 16.7. The molecule has 3 aromatic rings. The highest BCUT2D eigenvalue weighted by Crippen LogP contribution is 2.29. The number of aliphatic hydroxyl groups is 2. The van der Waals surface area contributed by atoms with Gasteiger partial charge in [0.1, 0.15) is 24.9 Å². The predicted octanol–water partition coefficient (Wildman–Crippen LogP) is 1.81. The molecule has 1 heterocycles. The highest BCUT2D eigenvalue weighted by molar-refractivity contribution is 5.88. The van der Waals surface area contributed by atoms with Gasteiger partial charge in [-0.1, -0.05) is 18.2 Å². The van der Waals surface area contributed by atoms with Gasteiger partial charge >= 0.3 is 17.9 Å². The molecule has 0 aliphatic carbocycles. The maximum Gasteiger partial charge on any atom is 0.333 e. The summed E-state index contributed by atoms with van der Waals surface area (Å²) in [6, 6.07) is 11.2. The first-order valence-corrected chi connectivity index (χ1v) is 14.0. The van der Waals surface area contributed by atoms with Gasteiger partial charge in [-0.3, -0.25) is 0 Å². The van der Waals surface area contributed by atoms with Crippen molar-refractivity contribution < 1.29 is 74.2 Å². The molecule has 3 aromatic carbocycles. The molecule has 0 radical (unpaired) electrons. The van der Waals surface area contributed by atoms with E-state index in [1.54, 1.807) is 0 Å². The van der Waals surface area contributed by atoms with Crippen LogP contribution in [0.2, 0.25) is 0 Å². The Morgan fingerprint density at radius 2 is 1.00 bits per heavy atom.